The van der Waals surface area contributed by atoms with Gasteiger partial charge in [0.2, 0.25) is 17.7 Å². The first-order chi connectivity index (χ1) is 13.6. The minimum absolute atomic E-state index is 0.0499. The molecule has 0 spiro atoms. The van der Waals surface area contributed by atoms with E-state index < -0.39 is 0 Å². The van der Waals surface area contributed by atoms with Crippen LogP contribution in [0.25, 0.3) is 10.9 Å². The van der Waals surface area contributed by atoms with E-state index in [1.54, 1.807) is 35.2 Å². The number of carbonyl (C=O) groups excluding carboxylic acids is 1. The van der Waals surface area contributed by atoms with Gasteiger partial charge in [0.25, 0.3) is 5.56 Å². The average Bonchev–Trinajstić information content (AvgIpc) is 3.19. The molecule has 1 saturated heterocycles. The van der Waals surface area contributed by atoms with Crippen LogP contribution in [0.4, 0.5) is 0 Å². The number of aromatic nitrogens is 4. The van der Waals surface area contributed by atoms with Crippen LogP contribution in [0.2, 0.25) is 0 Å². The molecule has 28 heavy (non-hydrogen) atoms. The van der Waals surface area contributed by atoms with Gasteiger partial charge in [-0.05, 0) is 12.1 Å². The highest BCUT2D eigenvalue weighted by atomic mass is 16.5. The second-order valence-corrected chi connectivity index (χ2v) is 6.48. The fourth-order valence-corrected chi connectivity index (χ4v) is 3.17. The summed E-state index contributed by atoms with van der Waals surface area (Å²) >= 11 is 0. The predicted molar refractivity (Wildman–Crippen MR) is 100 cm³/mol. The highest BCUT2D eigenvalue weighted by Gasteiger charge is 2.28. The Labute approximate surface area is 160 Å². The molecule has 1 fully saturated rings. The van der Waals surface area contributed by atoms with Crippen LogP contribution in [-0.2, 0) is 11.3 Å². The van der Waals surface area contributed by atoms with E-state index in [1.807, 2.05) is 6.07 Å². The molecule has 2 aromatic heterocycles. The van der Waals surface area contributed by atoms with Crippen molar-refractivity contribution in [1.29, 1.82) is 0 Å². The van der Waals surface area contributed by atoms with Gasteiger partial charge < -0.3 is 14.4 Å². The van der Waals surface area contributed by atoms with Crippen molar-refractivity contribution in [2.24, 2.45) is 0 Å². The van der Waals surface area contributed by atoms with Crippen LogP contribution in [0.3, 0.4) is 0 Å². The molecule has 3 aromatic rings. The van der Waals surface area contributed by atoms with Crippen molar-refractivity contribution >= 4 is 16.8 Å². The molecule has 0 aliphatic carbocycles. The van der Waals surface area contributed by atoms with Crippen molar-refractivity contribution in [2.75, 3.05) is 20.2 Å². The lowest BCUT2D eigenvalue weighted by Crippen LogP contribution is -2.36. The molecule has 0 bridgehead atoms. The maximum atomic E-state index is 12.6. The summed E-state index contributed by atoms with van der Waals surface area (Å²) in [5, 5.41) is 8.30. The van der Waals surface area contributed by atoms with Gasteiger partial charge in [-0.25, -0.2) is 4.98 Å². The largest absolute Gasteiger partial charge is 0.480 e. The molecule has 0 saturated carbocycles. The number of methoxy groups -OCH3 is 1. The Bertz CT molecular complexity index is 1050. The molecule has 1 amide bonds. The number of hydrogen-bond acceptors (Lipinski definition) is 7. The minimum Gasteiger partial charge on any atom is -0.480 e. The van der Waals surface area contributed by atoms with Crippen LogP contribution in [0, 0.1) is 0 Å². The maximum absolute atomic E-state index is 12.6. The summed E-state index contributed by atoms with van der Waals surface area (Å²) in [6, 6.07) is 10.4. The molecule has 9 heteroatoms. The Kier molecular flexibility index (Phi) is 4.88. The second kappa shape index (κ2) is 7.63. The smallest absolute Gasteiger partial charge is 0.261 e. The van der Waals surface area contributed by atoms with Gasteiger partial charge in [-0.15, -0.1) is 10.2 Å². The molecule has 4 rings (SSSR count). The third-order valence-electron chi connectivity index (χ3n) is 4.65. The Balaban J connectivity index is 1.39. The molecule has 3 heterocycles. The van der Waals surface area contributed by atoms with E-state index in [0.717, 1.165) is 0 Å². The lowest BCUT2D eigenvalue weighted by atomic mass is 10.2. The van der Waals surface area contributed by atoms with E-state index in [-0.39, 0.29) is 24.1 Å². The Morgan fingerprint density at radius 1 is 1.18 bits per heavy atom. The predicted octanol–water partition coefficient (Wildman–Crippen LogP) is 0.875. The summed E-state index contributed by atoms with van der Waals surface area (Å²) in [6.45, 7) is 0.941. The number of fused-ring (bicyclic) bond motifs is 1. The number of ether oxygens (including phenoxy) is 2. The topological polar surface area (TPSA) is 99.4 Å². The number of nitrogens with zero attached hydrogens (tertiary/aromatic N) is 5. The summed E-state index contributed by atoms with van der Waals surface area (Å²) in [5.41, 5.74) is 0.394. The molecule has 1 unspecified atom stereocenters. The maximum Gasteiger partial charge on any atom is 0.261 e. The number of carbonyl (C=O) groups is 1. The van der Waals surface area contributed by atoms with Gasteiger partial charge in [-0.3, -0.25) is 14.2 Å². The lowest BCUT2D eigenvalue weighted by Gasteiger charge is -2.17. The quantitative estimate of drug-likeness (QED) is 0.647. The van der Waals surface area contributed by atoms with Gasteiger partial charge in [0, 0.05) is 25.1 Å². The summed E-state index contributed by atoms with van der Waals surface area (Å²) in [6.07, 6.45) is 1.93. The van der Waals surface area contributed by atoms with Crippen LogP contribution >= 0.6 is 0 Å². The first-order valence-corrected chi connectivity index (χ1v) is 8.90. The van der Waals surface area contributed by atoms with Crippen LogP contribution in [-0.4, -0.2) is 56.9 Å². The number of likely N-dealkylation sites (tertiary alicyclic amines) is 1. The van der Waals surface area contributed by atoms with Crippen molar-refractivity contribution in [3.8, 4) is 11.8 Å². The van der Waals surface area contributed by atoms with Crippen LogP contribution in [0.1, 0.15) is 6.42 Å². The van der Waals surface area contributed by atoms with E-state index in [4.69, 9.17) is 9.47 Å². The number of para-hydroxylation sites is 1. The number of amides is 1. The lowest BCUT2D eigenvalue weighted by molar-refractivity contribution is -0.131. The molecule has 144 valence electrons. The monoisotopic (exact) mass is 381 g/mol. The second-order valence-electron chi connectivity index (χ2n) is 6.48. The normalized spacial score (nSPS) is 16.3. The van der Waals surface area contributed by atoms with Gasteiger partial charge in [-0.1, -0.05) is 12.1 Å². The van der Waals surface area contributed by atoms with Crippen LogP contribution in [0.5, 0.6) is 11.8 Å². The van der Waals surface area contributed by atoms with E-state index in [1.165, 1.54) is 18.0 Å². The van der Waals surface area contributed by atoms with Gasteiger partial charge in [0.05, 0.1) is 30.9 Å². The Hall–Kier alpha value is -3.49. The van der Waals surface area contributed by atoms with E-state index in [2.05, 4.69) is 15.2 Å². The highest BCUT2D eigenvalue weighted by Crippen LogP contribution is 2.17. The molecule has 1 aliphatic heterocycles. The minimum atomic E-state index is -0.223. The van der Waals surface area contributed by atoms with Gasteiger partial charge in [-0.2, -0.15) is 0 Å². The zero-order chi connectivity index (χ0) is 19.5. The SMILES string of the molecule is COc1ccc(OC2CCN(C(=O)Cn3cnc4ccccc4c3=O)C2)nn1. The zero-order valence-electron chi connectivity index (χ0n) is 15.3. The van der Waals surface area contributed by atoms with E-state index in [9.17, 15) is 9.59 Å². The highest BCUT2D eigenvalue weighted by molar-refractivity contribution is 5.79. The number of rotatable bonds is 5. The molecule has 0 radical (unpaired) electrons. The molecule has 1 aromatic carbocycles. The van der Waals surface area contributed by atoms with Crippen molar-refractivity contribution < 1.29 is 14.3 Å². The summed E-state index contributed by atoms with van der Waals surface area (Å²) < 4.78 is 12.1. The molecule has 9 nitrogen and oxygen atoms in total. The molecular formula is C19H19N5O4. The van der Waals surface area contributed by atoms with Crippen molar-refractivity contribution in [3.63, 3.8) is 0 Å². The van der Waals surface area contributed by atoms with Crippen molar-refractivity contribution in [1.82, 2.24) is 24.6 Å². The summed E-state index contributed by atoms with van der Waals surface area (Å²) in [4.78, 5) is 31.1. The number of benzene rings is 1. The first kappa shape index (κ1) is 17.9. The fraction of sp³-hybridized carbons (Fsp3) is 0.316. The standard InChI is InChI=1S/C19H19N5O4/c1-27-16-6-7-17(22-21-16)28-13-8-9-23(10-13)18(25)11-24-12-20-15-5-3-2-4-14(15)19(24)26/h2-7,12-13H,8-11H2,1H3. The van der Waals surface area contributed by atoms with Gasteiger partial charge in [0.15, 0.2) is 0 Å². The molecule has 0 N–H and O–H groups in total. The fourth-order valence-electron chi connectivity index (χ4n) is 3.17. The van der Waals surface area contributed by atoms with Crippen molar-refractivity contribution in [2.45, 2.75) is 19.1 Å². The van der Waals surface area contributed by atoms with E-state index in [0.29, 0.717) is 42.2 Å². The third kappa shape index (κ3) is 3.64. The first-order valence-electron chi connectivity index (χ1n) is 8.90. The molecule has 1 atom stereocenters. The number of hydrogen-bond donors (Lipinski definition) is 0. The summed E-state index contributed by atoms with van der Waals surface area (Å²) in [5.74, 6) is 0.645. The van der Waals surface area contributed by atoms with Crippen molar-refractivity contribution in [3.05, 3.63) is 53.1 Å². The Morgan fingerprint density at radius 2 is 1.96 bits per heavy atom. The third-order valence-corrected chi connectivity index (χ3v) is 4.65. The van der Waals surface area contributed by atoms with Crippen LogP contribution < -0.4 is 15.0 Å². The van der Waals surface area contributed by atoms with Crippen LogP contribution in [0.15, 0.2) is 47.5 Å². The Morgan fingerprint density at radius 3 is 2.75 bits per heavy atom. The molecular weight excluding hydrogens is 362 g/mol. The van der Waals surface area contributed by atoms with Gasteiger partial charge in [0.1, 0.15) is 12.6 Å². The van der Waals surface area contributed by atoms with E-state index >= 15 is 0 Å². The zero-order valence-corrected chi connectivity index (χ0v) is 15.3. The summed E-state index contributed by atoms with van der Waals surface area (Å²) in [7, 11) is 1.52. The average molecular weight is 381 g/mol. The molecule has 1 aliphatic rings. The van der Waals surface area contributed by atoms with Gasteiger partial charge >= 0.3 is 0 Å².